The molecule has 159 valence electrons. The fraction of sp³-hybridized carbons (Fsp3) is 0.357. The third-order valence-corrected chi connectivity index (χ3v) is 6.00. The van der Waals surface area contributed by atoms with Crippen LogP contribution in [0.3, 0.4) is 0 Å². The van der Waals surface area contributed by atoms with Crippen LogP contribution in [0.1, 0.15) is 45.7 Å². The van der Waals surface area contributed by atoms with Crippen molar-refractivity contribution in [1.82, 2.24) is 0 Å². The predicted molar refractivity (Wildman–Crippen MR) is 128 cm³/mol. The second kappa shape index (κ2) is 17.3. The van der Waals surface area contributed by atoms with Gasteiger partial charge in [-0.3, -0.25) is 0 Å². The van der Waals surface area contributed by atoms with E-state index in [1.54, 1.807) is 12.2 Å². The summed E-state index contributed by atoms with van der Waals surface area (Å²) >= 11 is 0. The molecule has 0 aromatic heterocycles. The van der Waals surface area contributed by atoms with Crippen molar-refractivity contribution < 1.29 is 22.4 Å². The number of hydrogen-bond donors (Lipinski definition) is 0. The molecule has 1 aliphatic rings. The molecule has 1 aliphatic carbocycles. The molecule has 1 fully saturated rings. The van der Waals surface area contributed by atoms with E-state index in [1.165, 1.54) is 0 Å². The topological polar surface area (TPSA) is 0 Å². The second-order valence-corrected chi connectivity index (χ2v) is 7.74. The molecular formula is C28H40Ta-2. The van der Waals surface area contributed by atoms with Crippen molar-refractivity contribution in [3.63, 3.8) is 0 Å². The molecule has 0 spiro atoms. The van der Waals surface area contributed by atoms with Crippen LogP contribution in [0.4, 0.5) is 0 Å². The monoisotopic (exact) mass is 557 g/mol. The summed E-state index contributed by atoms with van der Waals surface area (Å²) in [6.07, 6.45) is 3.28. The fourth-order valence-electron chi connectivity index (χ4n) is 3.35. The molecule has 0 bridgehead atoms. The van der Waals surface area contributed by atoms with Gasteiger partial charge in [-0.05, 0) is 29.6 Å². The maximum Gasteiger partial charge on any atom is 0 e. The van der Waals surface area contributed by atoms with Crippen LogP contribution in [-0.2, 0) is 22.4 Å². The summed E-state index contributed by atoms with van der Waals surface area (Å²) in [4.78, 5) is 0. The van der Waals surface area contributed by atoms with Gasteiger partial charge < -0.3 is 0 Å². The Bertz CT molecular complexity index is 544. The van der Waals surface area contributed by atoms with Gasteiger partial charge in [0.25, 0.3) is 0 Å². The van der Waals surface area contributed by atoms with E-state index in [9.17, 15) is 0 Å². The van der Waals surface area contributed by atoms with Gasteiger partial charge in [0.2, 0.25) is 0 Å². The average molecular weight is 558 g/mol. The molecule has 2 aromatic carbocycles. The van der Waals surface area contributed by atoms with Crippen LogP contribution in [0.25, 0.3) is 0 Å². The van der Waals surface area contributed by atoms with Crippen LogP contribution in [0.15, 0.2) is 86.0 Å². The Balaban J connectivity index is 0. The van der Waals surface area contributed by atoms with E-state index in [0.717, 1.165) is 40.7 Å². The summed E-state index contributed by atoms with van der Waals surface area (Å²) < 4.78 is 0. The molecule has 0 N–H and O–H groups in total. The predicted octanol–water partition coefficient (Wildman–Crippen LogP) is 8.27. The summed E-state index contributed by atoms with van der Waals surface area (Å²) in [5, 5.41) is 0. The van der Waals surface area contributed by atoms with E-state index in [4.69, 9.17) is 0 Å². The van der Waals surface area contributed by atoms with Crippen LogP contribution in [0.5, 0.6) is 0 Å². The normalized spacial score (nSPS) is 24.0. The molecule has 0 saturated heterocycles. The Kier molecular flexibility index (Phi) is 17.6. The van der Waals surface area contributed by atoms with E-state index in [-0.39, 0.29) is 22.4 Å². The molecule has 0 amide bonds. The molecule has 0 unspecified atom stereocenters. The molecule has 3 rings (SSSR count). The fourth-order valence-corrected chi connectivity index (χ4v) is 3.35. The molecule has 0 heterocycles. The van der Waals surface area contributed by atoms with Crippen LogP contribution in [0.2, 0.25) is 0 Å². The van der Waals surface area contributed by atoms with E-state index >= 15 is 0 Å². The summed E-state index contributed by atoms with van der Waals surface area (Å²) in [6.45, 7) is 26.2. The van der Waals surface area contributed by atoms with Crippen molar-refractivity contribution >= 4 is 0 Å². The Morgan fingerprint density at radius 3 is 0.862 bits per heavy atom. The molecular weight excluding hydrogens is 517 g/mol. The van der Waals surface area contributed by atoms with Gasteiger partial charge in [-0.2, -0.15) is 49.2 Å². The number of allylic oxidation sites excluding steroid dienone is 2. The van der Waals surface area contributed by atoms with E-state index in [2.05, 4.69) is 61.6 Å². The molecule has 2 aromatic rings. The van der Waals surface area contributed by atoms with Crippen molar-refractivity contribution in [3.05, 3.63) is 111 Å². The summed E-state index contributed by atoms with van der Waals surface area (Å²) in [5.74, 6) is 4.68. The van der Waals surface area contributed by atoms with Crippen LogP contribution in [-0.4, -0.2) is 0 Å². The standard InChI is InChI=1S/C10H20.2C7H7.C4H6.Ta/c1-6-7(2)9(4)10(5)8(6)3;2*1-7-5-3-2-4-6-7;1-3-4-2;/h6-10H,1-5H3;2*2-6H,1H2;3-4H,1-2H2;/q;2*-1;;. The number of benzene rings is 2. The van der Waals surface area contributed by atoms with Crippen molar-refractivity contribution in [2.24, 2.45) is 29.6 Å². The maximum absolute atomic E-state index is 3.72. The number of rotatable bonds is 1. The van der Waals surface area contributed by atoms with Gasteiger partial charge in [0.15, 0.2) is 0 Å². The van der Waals surface area contributed by atoms with E-state index in [0.29, 0.717) is 0 Å². The van der Waals surface area contributed by atoms with Gasteiger partial charge in [0.1, 0.15) is 0 Å². The second-order valence-electron chi connectivity index (χ2n) is 7.74. The van der Waals surface area contributed by atoms with Crippen molar-refractivity contribution in [3.8, 4) is 0 Å². The number of hydrogen-bond acceptors (Lipinski definition) is 0. The molecule has 0 atom stereocenters. The third-order valence-electron chi connectivity index (χ3n) is 6.00. The zero-order valence-electron chi connectivity index (χ0n) is 19.1. The Labute approximate surface area is 197 Å². The minimum absolute atomic E-state index is 0. The van der Waals surface area contributed by atoms with Crippen molar-refractivity contribution in [2.45, 2.75) is 34.6 Å². The van der Waals surface area contributed by atoms with Crippen LogP contribution >= 0.6 is 0 Å². The summed E-state index contributed by atoms with van der Waals surface area (Å²) in [5.41, 5.74) is 2.14. The first-order valence-corrected chi connectivity index (χ1v) is 10.2. The third kappa shape index (κ3) is 12.5. The van der Waals surface area contributed by atoms with E-state index < -0.39 is 0 Å². The minimum atomic E-state index is 0. The van der Waals surface area contributed by atoms with Gasteiger partial charge >= 0.3 is 0 Å². The van der Waals surface area contributed by atoms with Gasteiger partial charge in [-0.1, -0.05) is 72.1 Å². The van der Waals surface area contributed by atoms with Crippen molar-refractivity contribution in [1.29, 1.82) is 0 Å². The quantitative estimate of drug-likeness (QED) is 0.245. The van der Waals surface area contributed by atoms with Crippen LogP contribution < -0.4 is 0 Å². The SMILES string of the molecule is C=CC=C.CC1C(C)C(C)C(C)C1C.[CH2-]c1ccccc1.[CH2-]c1ccccc1.[Ta]. The van der Waals surface area contributed by atoms with Gasteiger partial charge in [-0.25, -0.2) is 0 Å². The van der Waals surface area contributed by atoms with Gasteiger partial charge in [0, 0.05) is 22.4 Å². The first-order chi connectivity index (χ1) is 13.3. The smallest absolute Gasteiger partial charge is 0 e. The zero-order valence-corrected chi connectivity index (χ0v) is 22.3. The Morgan fingerprint density at radius 2 is 0.759 bits per heavy atom. The van der Waals surface area contributed by atoms with Crippen LogP contribution in [0, 0.1) is 43.4 Å². The van der Waals surface area contributed by atoms with Crippen molar-refractivity contribution in [2.75, 3.05) is 0 Å². The minimum Gasteiger partial charge on any atom is -0.199 e. The molecule has 29 heavy (non-hydrogen) atoms. The van der Waals surface area contributed by atoms with E-state index in [1.807, 2.05) is 60.7 Å². The molecule has 1 heteroatoms. The summed E-state index contributed by atoms with van der Waals surface area (Å²) in [6, 6.07) is 19.7. The average Bonchev–Trinajstić information content (AvgIpc) is 2.88. The molecule has 1 saturated carbocycles. The first kappa shape index (κ1) is 29.6. The largest absolute Gasteiger partial charge is 0.199 e. The zero-order chi connectivity index (χ0) is 21.5. The molecule has 1 radical (unpaired) electrons. The Morgan fingerprint density at radius 1 is 0.552 bits per heavy atom. The summed E-state index contributed by atoms with van der Waals surface area (Å²) in [7, 11) is 0. The molecule has 0 nitrogen and oxygen atoms in total. The maximum atomic E-state index is 3.72. The van der Waals surface area contributed by atoms with Gasteiger partial charge in [-0.15, -0.1) is 24.3 Å². The Hall–Kier alpha value is -1.60. The molecule has 0 aliphatic heterocycles. The van der Waals surface area contributed by atoms with Gasteiger partial charge in [0.05, 0.1) is 0 Å². The first-order valence-electron chi connectivity index (χ1n) is 10.2.